The van der Waals surface area contributed by atoms with E-state index in [1.54, 1.807) is 45.7 Å². The van der Waals surface area contributed by atoms with Crippen LogP contribution in [-0.2, 0) is 31.8 Å². The number of aromatic amines is 2. The molecule has 0 aliphatic carbocycles. The van der Waals surface area contributed by atoms with Crippen molar-refractivity contribution in [2.24, 2.45) is 5.73 Å². The normalized spacial score (nSPS) is 16.0. The summed E-state index contributed by atoms with van der Waals surface area (Å²) in [6, 6.07) is 15.9. The maximum atomic E-state index is 13.8. The first-order valence-corrected chi connectivity index (χ1v) is 17.9. The predicted molar refractivity (Wildman–Crippen MR) is 197 cm³/mol. The number of piperidine rings is 1. The first-order valence-electron chi connectivity index (χ1n) is 17.9. The molecule has 1 saturated heterocycles. The van der Waals surface area contributed by atoms with Gasteiger partial charge in [-0.05, 0) is 90.5 Å². The van der Waals surface area contributed by atoms with E-state index < -0.39 is 34.7 Å². The van der Waals surface area contributed by atoms with Crippen molar-refractivity contribution in [3.63, 3.8) is 0 Å². The first kappa shape index (κ1) is 37.6. The Kier molecular flexibility index (Phi) is 11.6. The van der Waals surface area contributed by atoms with Gasteiger partial charge in [-0.2, -0.15) is 0 Å². The van der Waals surface area contributed by atoms with Gasteiger partial charge in [-0.25, -0.2) is 14.6 Å². The summed E-state index contributed by atoms with van der Waals surface area (Å²) >= 11 is 0. The van der Waals surface area contributed by atoms with E-state index in [0.29, 0.717) is 63.3 Å². The summed E-state index contributed by atoms with van der Waals surface area (Å²) in [5, 5.41) is 18.5. The molecule has 0 radical (unpaired) electrons. The molecule has 0 spiro atoms. The van der Waals surface area contributed by atoms with Gasteiger partial charge in [-0.1, -0.05) is 48.5 Å². The van der Waals surface area contributed by atoms with E-state index in [1.807, 2.05) is 60.8 Å². The molecular formula is C39H53N7O5. The number of esters is 1. The van der Waals surface area contributed by atoms with Crippen molar-refractivity contribution in [2.45, 2.75) is 102 Å². The Balaban J connectivity index is 1.35. The van der Waals surface area contributed by atoms with Gasteiger partial charge in [-0.3, -0.25) is 4.79 Å². The number of nitrogens with two attached hydrogens (primary N) is 1. The summed E-state index contributed by atoms with van der Waals surface area (Å²) in [5.74, 6) is -0.359. The molecular weight excluding hydrogens is 646 g/mol. The average Bonchev–Trinajstić information content (AvgIpc) is 3.76. The molecule has 5 rings (SSSR count). The van der Waals surface area contributed by atoms with Crippen LogP contribution in [0, 0.1) is 0 Å². The van der Waals surface area contributed by atoms with E-state index >= 15 is 0 Å². The Morgan fingerprint density at radius 3 is 2.37 bits per heavy atom. The van der Waals surface area contributed by atoms with Crippen molar-refractivity contribution in [2.75, 3.05) is 19.6 Å². The quantitative estimate of drug-likeness (QED) is 0.0830. The number of urea groups is 1. The van der Waals surface area contributed by atoms with Crippen molar-refractivity contribution in [1.82, 2.24) is 30.5 Å². The number of carbonyl (C=O) groups is 3. The van der Waals surface area contributed by atoms with Crippen molar-refractivity contribution >= 4 is 28.8 Å². The third-order valence-electron chi connectivity index (χ3n) is 9.70. The highest BCUT2D eigenvalue weighted by Crippen LogP contribution is 2.33. The Hall–Kier alpha value is -4.68. The second-order valence-electron chi connectivity index (χ2n) is 15.1. The molecule has 2 aromatic carbocycles. The maximum absolute atomic E-state index is 13.8. The number of para-hydroxylation sites is 1. The SMILES string of the molecule is CC(C)(C)OC(=O)C(CCCCN)NC(=O)C(C)(C)c1cnc(C(Cc2c[nH]c3ccccc23)NC(=O)N2CCC(O)(c3ccccc3)CC2)[nH]1. The zero-order valence-electron chi connectivity index (χ0n) is 30.4. The van der Waals surface area contributed by atoms with Crippen LogP contribution in [0.1, 0.15) is 95.4 Å². The number of fused-ring (bicyclic) bond motifs is 1. The number of rotatable bonds is 13. The molecule has 0 bridgehead atoms. The molecule has 1 aliphatic rings. The Morgan fingerprint density at radius 1 is 1.00 bits per heavy atom. The van der Waals surface area contributed by atoms with E-state index in [2.05, 4.69) is 25.6 Å². The van der Waals surface area contributed by atoms with Crippen LogP contribution in [0.3, 0.4) is 0 Å². The lowest BCUT2D eigenvalue weighted by Crippen LogP contribution is -2.50. The Morgan fingerprint density at radius 2 is 1.69 bits per heavy atom. The number of nitrogens with zero attached hydrogens (tertiary/aromatic N) is 2. The van der Waals surface area contributed by atoms with E-state index in [-0.39, 0.29) is 11.9 Å². The highest BCUT2D eigenvalue weighted by molar-refractivity contribution is 5.91. The van der Waals surface area contributed by atoms with Gasteiger partial charge in [0.2, 0.25) is 5.91 Å². The molecule has 2 unspecified atom stereocenters. The number of nitrogens with one attached hydrogen (secondary N) is 4. The molecule has 2 aromatic heterocycles. The summed E-state index contributed by atoms with van der Waals surface area (Å²) in [7, 11) is 0. The number of ether oxygens (including phenoxy) is 1. The topological polar surface area (TPSA) is 178 Å². The third-order valence-corrected chi connectivity index (χ3v) is 9.70. The fourth-order valence-corrected chi connectivity index (χ4v) is 6.50. The van der Waals surface area contributed by atoms with E-state index in [4.69, 9.17) is 10.5 Å². The number of aromatic nitrogens is 3. The molecule has 12 heteroatoms. The molecule has 7 N–H and O–H groups in total. The van der Waals surface area contributed by atoms with Gasteiger partial charge in [0, 0.05) is 48.5 Å². The van der Waals surface area contributed by atoms with Gasteiger partial charge < -0.3 is 41.1 Å². The molecule has 1 fully saturated rings. The highest BCUT2D eigenvalue weighted by Gasteiger charge is 2.38. The monoisotopic (exact) mass is 699 g/mol. The minimum atomic E-state index is -1.11. The number of hydrogen-bond donors (Lipinski definition) is 6. The summed E-state index contributed by atoms with van der Waals surface area (Å²) in [4.78, 5) is 53.7. The fourth-order valence-electron chi connectivity index (χ4n) is 6.50. The van der Waals surface area contributed by atoms with Crippen LogP contribution < -0.4 is 16.4 Å². The lowest BCUT2D eigenvalue weighted by atomic mass is 9.84. The number of hydrogen-bond acceptors (Lipinski definition) is 7. The lowest BCUT2D eigenvalue weighted by molar-refractivity contribution is -0.159. The van der Waals surface area contributed by atoms with Crippen LogP contribution >= 0.6 is 0 Å². The number of amides is 3. The molecule has 2 atom stereocenters. The smallest absolute Gasteiger partial charge is 0.329 e. The second-order valence-corrected chi connectivity index (χ2v) is 15.1. The average molecular weight is 700 g/mol. The molecule has 274 valence electrons. The largest absolute Gasteiger partial charge is 0.458 e. The van der Waals surface area contributed by atoms with Crippen molar-refractivity contribution < 1.29 is 24.2 Å². The van der Waals surface area contributed by atoms with Gasteiger partial charge in [0.15, 0.2) is 0 Å². The second kappa shape index (κ2) is 15.7. The molecule has 0 saturated carbocycles. The number of unbranched alkanes of at least 4 members (excludes halogenated alkanes) is 1. The highest BCUT2D eigenvalue weighted by atomic mass is 16.6. The van der Waals surface area contributed by atoms with Crippen LogP contribution in [0.25, 0.3) is 10.9 Å². The van der Waals surface area contributed by atoms with Crippen molar-refractivity contribution in [3.05, 3.63) is 89.6 Å². The standard InChI is InChI=1S/C39H53N7O5/c1-37(2,3)51-34(47)30(17-11-12-20-40)43-35(48)38(4,5)32-25-42-33(45-32)31(23-26-24-41-29-16-10-9-15-28(26)29)44-36(49)46-21-18-39(50,19-22-46)27-13-7-6-8-14-27/h6-10,13-16,24-25,30-31,41,50H,11-12,17-23,40H2,1-5H3,(H,42,45)(H,43,48)(H,44,49). The van der Waals surface area contributed by atoms with Crippen molar-refractivity contribution in [1.29, 1.82) is 0 Å². The van der Waals surface area contributed by atoms with Crippen LogP contribution in [0.4, 0.5) is 4.79 Å². The molecule has 1 aliphatic heterocycles. The lowest BCUT2D eigenvalue weighted by Gasteiger charge is -2.39. The molecule has 51 heavy (non-hydrogen) atoms. The zero-order valence-corrected chi connectivity index (χ0v) is 30.4. The van der Waals surface area contributed by atoms with Gasteiger partial charge in [0.25, 0.3) is 0 Å². The van der Waals surface area contributed by atoms with Gasteiger partial charge in [0.05, 0.1) is 17.1 Å². The number of likely N-dealkylation sites (tertiary alicyclic amines) is 1. The number of imidazole rings is 1. The van der Waals surface area contributed by atoms with Crippen LogP contribution in [0.5, 0.6) is 0 Å². The molecule has 4 aromatic rings. The van der Waals surface area contributed by atoms with Crippen LogP contribution in [0.15, 0.2) is 67.0 Å². The van der Waals surface area contributed by atoms with Gasteiger partial charge >= 0.3 is 12.0 Å². The predicted octanol–water partition coefficient (Wildman–Crippen LogP) is 5.10. The van der Waals surface area contributed by atoms with Gasteiger partial charge in [-0.15, -0.1) is 0 Å². The Labute approximate surface area is 299 Å². The summed E-state index contributed by atoms with van der Waals surface area (Å²) in [5.41, 5.74) is 6.25. The summed E-state index contributed by atoms with van der Waals surface area (Å²) in [6.45, 7) is 10.2. The van der Waals surface area contributed by atoms with Crippen LogP contribution in [0.2, 0.25) is 0 Å². The first-order chi connectivity index (χ1) is 24.2. The summed E-state index contributed by atoms with van der Waals surface area (Å²) < 4.78 is 5.62. The van der Waals surface area contributed by atoms with Gasteiger partial charge in [0.1, 0.15) is 17.5 Å². The minimum Gasteiger partial charge on any atom is -0.458 e. The maximum Gasteiger partial charge on any atom is 0.329 e. The van der Waals surface area contributed by atoms with E-state index in [1.165, 1.54) is 0 Å². The van der Waals surface area contributed by atoms with Crippen LogP contribution in [-0.4, -0.2) is 74.1 Å². The number of aliphatic hydroxyl groups is 1. The fraction of sp³-hybridized carbons (Fsp3) is 0.487. The number of benzene rings is 2. The Bertz CT molecular complexity index is 1780. The van der Waals surface area contributed by atoms with E-state index in [9.17, 15) is 19.5 Å². The van der Waals surface area contributed by atoms with E-state index in [0.717, 1.165) is 28.5 Å². The molecule has 3 heterocycles. The molecule has 12 nitrogen and oxygen atoms in total. The number of carbonyl (C=O) groups excluding carboxylic acids is 3. The number of H-pyrrole nitrogens is 2. The summed E-state index contributed by atoms with van der Waals surface area (Å²) in [6.07, 6.45) is 6.60. The zero-order chi connectivity index (χ0) is 36.8. The van der Waals surface area contributed by atoms with Crippen molar-refractivity contribution in [3.8, 4) is 0 Å². The third kappa shape index (κ3) is 9.17. The minimum absolute atomic E-state index is 0.261. The molecule has 3 amide bonds.